The van der Waals surface area contributed by atoms with Crippen LogP contribution in [0.5, 0.6) is 5.75 Å². The Kier molecular flexibility index (Phi) is 5.95. The minimum Gasteiger partial charge on any atom is -0.484 e. The van der Waals surface area contributed by atoms with E-state index in [0.29, 0.717) is 16.3 Å². The maximum Gasteiger partial charge on any atom is 0.341 e. The lowest BCUT2D eigenvalue weighted by Crippen LogP contribution is -2.21. The minimum atomic E-state index is -0.445. The first-order valence-corrected chi connectivity index (χ1v) is 10.9. The predicted molar refractivity (Wildman–Crippen MR) is 122 cm³/mol. The molecule has 0 radical (unpaired) electrons. The molecular formula is C24H23NO5S. The van der Waals surface area contributed by atoms with Crippen LogP contribution in [-0.2, 0) is 9.53 Å². The van der Waals surface area contributed by atoms with Crippen molar-refractivity contribution in [2.45, 2.75) is 26.7 Å². The number of rotatable bonds is 7. The number of ether oxygens (including phenoxy) is 2. The summed E-state index contributed by atoms with van der Waals surface area (Å²) in [5.74, 6) is 0.00414. The number of thiophene rings is 1. The average molecular weight is 438 g/mol. The van der Waals surface area contributed by atoms with Gasteiger partial charge in [0.25, 0.3) is 5.91 Å². The monoisotopic (exact) mass is 437 g/mol. The molecule has 0 unspecified atom stereocenters. The number of fused-ring (bicyclic) bond motifs is 3. The van der Waals surface area contributed by atoms with E-state index in [-0.39, 0.29) is 25.0 Å². The molecule has 0 aliphatic heterocycles. The van der Waals surface area contributed by atoms with Gasteiger partial charge < -0.3 is 19.2 Å². The molecule has 1 amide bonds. The fourth-order valence-electron chi connectivity index (χ4n) is 3.25. The summed E-state index contributed by atoms with van der Waals surface area (Å²) >= 11 is 1.38. The summed E-state index contributed by atoms with van der Waals surface area (Å²) in [6.07, 6.45) is 0. The van der Waals surface area contributed by atoms with Crippen molar-refractivity contribution in [1.29, 1.82) is 0 Å². The number of carbonyl (C=O) groups excluding carboxylic acids is 2. The molecule has 0 atom stereocenters. The van der Waals surface area contributed by atoms with Crippen LogP contribution in [0.25, 0.3) is 21.9 Å². The summed E-state index contributed by atoms with van der Waals surface area (Å²) in [5, 5.41) is 5.19. The van der Waals surface area contributed by atoms with Gasteiger partial charge in [-0.2, -0.15) is 0 Å². The van der Waals surface area contributed by atoms with E-state index in [1.54, 1.807) is 19.1 Å². The highest BCUT2D eigenvalue weighted by Crippen LogP contribution is 2.34. The van der Waals surface area contributed by atoms with Gasteiger partial charge in [-0.25, -0.2) is 4.79 Å². The third-order valence-electron chi connectivity index (χ3n) is 4.79. The first-order chi connectivity index (χ1) is 15.0. The number of amides is 1. The van der Waals surface area contributed by atoms with E-state index < -0.39 is 5.97 Å². The highest BCUT2D eigenvalue weighted by atomic mass is 32.1. The molecule has 0 fully saturated rings. The minimum absolute atomic E-state index is 0.182. The van der Waals surface area contributed by atoms with E-state index in [1.165, 1.54) is 11.3 Å². The van der Waals surface area contributed by atoms with Crippen molar-refractivity contribution in [2.24, 2.45) is 0 Å². The first kappa shape index (κ1) is 20.9. The molecular weight excluding hydrogens is 414 g/mol. The van der Waals surface area contributed by atoms with Gasteiger partial charge in [-0.15, -0.1) is 11.3 Å². The molecule has 0 bridgehead atoms. The molecule has 0 aliphatic rings. The maximum atomic E-state index is 12.5. The second-order valence-corrected chi connectivity index (χ2v) is 8.44. The number of benzene rings is 2. The van der Waals surface area contributed by atoms with E-state index in [2.05, 4.69) is 5.32 Å². The van der Waals surface area contributed by atoms with Crippen LogP contribution in [0.15, 0.2) is 52.9 Å². The summed E-state index contributed by atoms with van der Waals surface area (Å²) in [6.45, 7) is 5.90. The normalized spacial score (nSPS) is 11.2. The third-order valence-corrected chi connectivity index (χ3v) is 6.14. The highest BCUT2D eigenvalue weighted by molar-refractivity contribution is 7.16. The molecule has 2 aromatic carbocycles. The fourth-order valence-corrected chi connectivity index (χ4v) is 4.32. The summed E-state index contributed by atoms with van der Waals surface area (Å²) < 4.78 is 16.6. The Morgan fingerprint density at radius 1 is 1.06 bits per heavy atom. The zero-order chi connectivity index (χ0) is 22.0. The van der Waals surface area contributed by atoms with Gasteiger partial charge in [-0.05, 0) is 43.2 Å². The number of para-hydroxylation sites is 1. The van der Waals surface area contributed by atoms with Gasteiger partial charge in [0.05, 0.1) is 12.2 Å². The Hall–Kier alpha value is -3.32. The van der Waals surface area contributed by atoms with E-state index in [1.807, 2.05) is 50.2 Å². The van der Waals surface area contributed by atoms with Gasteiger partial charge in [-0.3, -0.25) is 4.79 Å². The Morgan fingerprint density at radius 3 is 2.61 bits per heavy atom. The zero-order valence-corrected chi connectivity index (χ0v) is 18.4. The summed E-state index contributed by atoms with van der Waals surface area (Å²) in [4.78, 5) is 25.8. The van der Waals surface area contributed by atoms with E-state index in [0.717, 1.165) is 26.8 Å². The van der Waals surface area contributed by atoms with Crippen molar-refractivity contribution < 1.29 is 23.5 Å². The van der Waals surface area contributed by atoms with E-state index in [4.69, 9.17) is 13.9 Å². The standard InChI is InChI=1S/C24H23NO5S/c1-4-28-24(27)18-12-21(14(2)3)31-23(18)25-22(26)13-29-15-9-10-20-17(11-15)16-7-5-6-8-19(16)30-20/h5-12,14H,4,13H2,1-3H3,(H,25,26). The molecule has 2 heterocycles. The van der Waals surface area contributed by atoms with Gasteiger partial charge in [-0.1, -0.05) is 32.0 Å². The smallest absolute Gasteiger partial charge is 0.341 e. The quantitative estimate of drug-likeness (QED) is 0.361. The molecule has 0 saturated carbocycles. The Labute approximate surface area is 183 Å². The van der Waals surface area contributed by atoms with Gasteiger partial charge in [0.1, 0.15) is 21.9 Å². The summed E-state index contributed by atoms with van der Waals surface area (Å²) in [6, 6.07) is 15.0. The Morgan fingerprint density at radius 2 is 1.84 bits per heavy atom. The zero-order valence-electron chi connectivity index (χ0n) is 17.6. The van der Waals surface area contributed by atoms with Crippen molar-refractivity contribution in [3.05, 3.63) is 59.0 Å². The van der Waals surface area contributed by atoms with Crippen LogP contribution >= 0.6 is 11.3 Å². The fraction of sp³-hybridized carbons (Fsp3) is 0.250. The molecule has 0 saturated heterocycles. The molecule has 31 heavy (non-hydrogen) atoms. The molecule has 7 heteroatoms. The SMILES string of the molecule is CCOC(=O)c1cc(C(C)C)sc1NC(=O)COc1ccc2oc3ccccc3c2c1. The van der Waals surface area contributed by atoms with Gasteiger partial charge >= 0.3 is 5.97 Å². The molecule has 0 aliphatic carbocycles. The Balaban J connectivity index is 1.48. The van der Waals surface area contributed by atoms with Crippen LogP contribution in [0.2, 0.25) is 0 Å². The van der Waals surface area contributed by atoms with E-state index in [9.17, 15) is 9.59 Å². The number of nitrogens with one attached hydrogen (secondary N) is 1. The highest BCUT2D eigenvalue weighted by Gasteiger charge is 2.20. The summed E-state index contributed by atoms with van der Waals surface area (Å²) in [7, 11) is 0. The molecule has 6 nitrogen and oxygen atoms in total. The molecule has 0 spiro atoms. The maximum absolute atomic E-state index is 12.5. The molecule has 160 valence electrons. The Bertz CT molecular complexity index is 1250. The van der Waals surface area contributed by atoms with Crippen LogP contribution in [0.1, 0.15) is 41.9 Å². The molecule has 2 aromatic heterocycles. The number of hydrogen-bond donors (Lipinski definition) is 1. The summed E-state index contributed by atoms with van der Waals surface area (Å²) in [5.41, 5.74) is 1.93. The molecule has 1 N–H and O–H groups in total. The van der Waals surface area contributed by atoms with Crippen molar-refractivity contribution in [3.8, 4) is 5.75 Å². The largest absolute Gasteiger partial charge is 0.484 e. The van der Waals surface area contributed by atoms with Crippen LogP contribution < -0.4 is 10.1 Å². The number of furan rings is 1. The van der Waals surface area contributed by atoms with Crippen molar-refractivity contribution in [3.63, 3.8) is 0 Å². The van der Waals surface area contributed by atoms with Gasteiger partial charge in [0.15, 0.2) is 6.61 Å². The van der Waals surface area contributed by atoms with Crippen molar-refractivity contribution >= 4 is 50.2 Å². The van der Waals surface area contributed by atoms with Crippen LogP contribution in [0, 0.1) is 0 Å². The predicted octanol–water partition coefficient (Wildman–Crippen LogP) is 5.97. The topological polar surface area (TPSA) is 77.8 Å². The first-order valence-electron chi connectivity index (χ1n) is 10.1. The molecule has 4 aromatic rings. The number of carbonyl (C=O) groups is 2. The lowest BCUT2D eigenvalue weighted by Gasteiger charge is -2.08. The van der Waals surface area contributed by atoms with Crippen LogP contribution in [0.4, 0.5) is 5.00 Å². The van der Waals surface area contributed by atoms with Gasteiger partial charge in [0, 0.05) is 15.6 Å². The average Bonchev–Trinajstić information content (AvgIpc) is 3.34. The van der Waals surface area contributed by atoms with Crippen LogP contribution in [0.3, 0.4) is 0 Å². The number of anilines is 1. The molecule has 4 rings (SSSR count). The van der Waals surface area contributed by atoms with Crippen molar-refractivity contribution in [2.75, 3.05) is 18.5 Å². The third kappa shape index (κ3) is 4.41. The van der Waals surface area contributed by atoms with E-state index >= 15 is 0 Å². The number of esters is 1. The number of hydrogen-bond acceptors (Lipinski definition) is 6. The lowest BCUT2D eigenvalue weighted by molar-refractivity contribution is -0.118. The second kappa shape index (κ2) is 8.81. The second-order valence-electron chi connectivity index (χ2n) is 7.36. The lowest BCUT2D eigenvalue weighted by atomic mass is 10.1. The van der Waals surface area contributed by atoms with Crippen LogP contribution in [-0.4, -0.2) is 25.1 Å². The van der Waals surface area contributed by atoms with Gasteiger partial charge in [0.2, 0.25) is 0 Å². The van der Waals surface area contributed by atoms with Crippen molar-refractivity contribution in [1.82, 2.24) is 0 Å².